The van der Waals surface area contributed by atoms with Crippen molar-refractivity contribution in [1.82, 2.24) is 0 Å². The molecule has 1 aromatic carbocycles. The summed E-state index contributed by atoms with van der Waals surface area (Å²) in [5.74, 6) is 0.282. The summed E-state index contributed by atoms with van der Waals surface area (Å²) in [7, 11) is 0. The fourth-order valence-corrected chi connectivity index (χ4v) is 3.17. The Morgan fingerprint density at radius 2 is 2.05 bits per heavy atom. The van der Waals surface area contributed by atoms with Crippen LogP contribution in [0.4, 0.5) is 11.4 Å². The first kappa shape index (κ1) is 14.8. The molecule has 0 radical (unpaired) electrons. The average molecular weight is 311 g/mol. The number of anilines is 1. The van der Waals surface area contributed by atoms with Gasteiger partial charge in [-0.05, 0) is 23.4 Å². The monoisotopic (exact) mass is 310 g/mol. The van der Waals surface area contributed by atoms with Gasteiger partial charge < -0.3 is 5.32 Å². The van der Waals surface area contributed by atoms with E-state index in [2.05, 4.69) is 19.2 Å². The predicted molar refractivity (Wildman–Crippen MR) is 83.6 cm³/mol. The summed E-state index contributed by atoms with van der Waals surface area (Å²) in [5.41, 5.74) is 0.381. The molecule has 1 unspecified atom stereocenters. The lowest BCUT2D eigenvalue weighted by Gasteiger charge is -2.23. The van der Waals surface area contributed by atoms with Crippen molar-refractivity contribution in [3.05, 3.63) is 55.7 Å². The molecule has 0 amide bonds. The molecule has 0 aliphatic rings. The Labute approximate surface area is 126 Å². The molecule has 0 spiro atoms. The molecular weight excluding hydrogens is 296 g/mol. The van der Waals surface area contributed by atoms with Crippen LogP contribution in [0, 0.1) is 16.0 Å². The zero-order chi connectivity index (χ0) is 14.7. The van der Waals surface area contributed by atoms with E-state index < -0.39 is 4.92 Å². The number of nitro groups is 1. The van der Waals surface area contributed by atoms with E-state index in [9.17, 15) is 10.1 Å². The van der Waals surface area contributed by atoms with E-state index in [1.54, 1.807) is 23.5 Å². The van der Waals surface area contributed by atoms with Gasteiger partial charge in [0.05, 0.1) is 16.0 Å². The minimum absolute atomic E-state index is 0.000272. The number of nitrogens with zero attached hydrogens (tertiary/aromatic N) is 1. The van der Waals surface area contributed by atoms with Crippen LogP contribution in [0.5, 0.6) is 0 Å². The van der Waals surface area contributed by atoms with Gasteiger partial charge in [0, 0.05) is 10.9 Å². The van der Waals surface area contributed by atoms with Crippen LogP contribution < -0.4 is 5.32 Å². The van der Waals surface area contributed by atoms with Gasteiger partial charge in [0.25, 0.3) is 5.69 Å². The van der Waals surface area contributed by atoms with Crippen LogP contribution in [-0.4, -0.2) is 4.92 Å². The molecule has 0 aliphatic heterocycles. The minimum atomic E-state index is -0.417. The first-order chi connectivity index (χ1) is 9.50. The first-order valence-corrected chi connectivity index (χ1v) is 7.49. The third-order valence-electron chi connectivity index (χ3n) is 3.00. The summed E-state index contributed by atoms with van der Waals surface area (Å²) < 4.78 is 0. The Balaban J connectivity index is 2.39. The number of nitrogens with one attached hydrogen (secondary N) is 1. The highest BCUT2D eigenvalue weighted by atomic mass is 35.5. The highest BCUT2D eigenvalue weighted by Crippen LogP contribution is 2.37. The van der Waals surface area contributed by atoms with E-state index in [4.69, 9.17) is 11.6 Å². The van der Waals surface area contributed by atoms with E-state index >= 15 is 0 Å². The maximum atomic E-state index is 11.1. The van der Waals surface area contributed by atoms with Gasteiger partial charge in [-0.25, -0.2) is 0 Å². The summed E-state index contributed by atoms with van der Waals surface area (Å²) in [5, 5.41) is 16.7. The van der Waals surface area contributed by atoms with Crippen LogP contribution >= 0.6 is 22.9 Å². The molecular formula is C14H15ClN2O2S. The van der Waals surface area contributed by atoms with Crippen molar-refractivity contribution in [3.8, 4) is 0 Å². The van der Waals surface area contributed by atoms with Crippen LogP contribution in [0.15, 0.2) is 35.7 Å². The third kappa shape index (κ3) is 3.11. The molecule has 1 aromatic heterocycles. The second-order valence-corrected chi connectivity index (χ2v) is 6.16. The molecule has 1 heterocycles. The highest BCUT2D eigenvalue weighted by molar-refractivity contribution is 7.10. The van der Waals surface area contributed by atoms with Gasteiger partial charge in [-0.2, -0.15) is 0 Å². The van der Waals surface area contributed by atoms with Crippen molar-refractivity contribution < 1.29 is 4.92 Å². The van der Waals surface area contributed by atoms with Crippen molar-refractivity contribution in [2.45, 2.75) is 19.9 Å². The van der Waals surface area contributed by atoms with Crippen LogP contribution in [0.2, 0.25) is 5.02 Å². The lowest BCUT2D eigenvalue weighted by molar-refractivity contribution is -0.384. The fraction of sp³-hybridized carbons (Fsp3) is 0.286. The van der Waals surface area contributed by atoms with Crippen molar-refractivity contribution in [3.63, 3.8) is 0 Å². The quantitative estimate of drug-likeness (QED) is 0.616. The zero-order valence-electron chi connectivity index (χ0n) is 11.2. The number of benzene rings is 1. The van der Waals surface area contributed by atoms with Crippen molar-refractivity contribution in [1.29, 1.82) is 0 Å². The molecule has 0 saturated carbocycles. The lowest BCUT2D eigenvalue weighted by atomic mass is 10.0. The Bertz CT molecular complexity index is 599. The Morgan fingerprint density at radius 1 is 1.30 bits per heavy atom. The highest BCUT2D eigenvalue weighted by Gasteiger charge is 2.23. The summed E-state index contributed by atoms with van der Waals surface area (Å²) in [6.07, 6.45) is 0. The van der Waals surface area contributed by atoms with Crippen LogP contribution in [0.3, 0.4) is 0 Å². The van der Waals surface area contributed by atoms with Crippen molar-refractivity contribution >= 4 is 34.3 Å². The molecule has 0 bridgehead atoms. The largest absolute Gasteiger partial charge is 0.370 e. The average Bonchev–Trinajstić information content (AvgIpc) is 2.90. The van der Waals surface area contributed by atoms with Gasteiger partial charge in [-0.1, -0.05) is 37.6 Å². The second kappa shape index (κ2) is 6.24. The Morgan fingerprint density at radius 3 is 2.60 bits per heavy atom. The van der Waals surface area contributed by atoms with E-state index in [1.165, 1.54) is 6.07 Å². The van der Waals surface area contributed by atoms with Gasteiger partial charge in [-0.3, -0.25) is 10.1 Å². The van der Waals surface area contributed by atoms with E-state index in [-0.39, 0.29) is 17.6 Å². The summed E-state index contributed by atoms with van der Waals surface area (Å²) in [4.78, 5) is 11.8. The molecule has 1 N–H and O–H groups in total. The van der Waals surface area contributed by atoms with E-state index in [1.807, 2.05) is 17.5 Å². The van der Waals surface area contributed by atoms with Gasteiger partial charge in [0.2, 0.25) is 0 Å². The molecule has 4 nitrogen and oxygen atoms in total. The summed E-state index contributed by atoms with van der Waals surface area (Å²) in [6.45, 7) is 4.14. The number of nitro benzene ring substituents is 1. The fourth-order valence-electron chi connectivity index (χ4n) is 2.00. The molecule has 106 valence electrons. The predicted octanol–water partition coefficient (Wildman–Crippen LogP) is 5.12. The molecule has 0 fully saturated rings. The Hall–Kier alpha value is -1.59. The number of rotatable bonds is 5. The molecule has 20 heavy (non-hydrogen) atoms. The molecule has 2 aromatic rings. The number of hydrogen-bond acceptors (Lipinski definition) is 4. The minimum Gasteiger partial charge on any atom is -0.370 e. The summed E-state index contributed by atoms with van der Waals surface area (Å²) >= 11 is 7.74. The normalized spacial score (nSPS) is 12.4. The standard InChI is InChI=1S/C14H15ClN2O2S/c1-9(2)13(12-7-4-8-20-12)16-14-10(15)5-3-6-11(14)17(18)19/h3-9,13,16H,1-2H3. The first-order valence-electron chi connectivity index (χ1n) is 6.23. The van der Waals surface area contributed by atoms with Crippen molar-refractivity contribution in [2.24, 2.45) is 5.92 Å². The number of halogens is 1. The van der Waals surface area contributed by atoms with E-state index in [0.29, 0.717) is 10.7 Å². The SMILES string of the molecule is CC(C)C(Nc1c(Cl)cccc1[N+](=O)[O-])c1cccs1. The Kier molecular flexibility index (Phi) is 4.62. The van der Waals surface area contributed by atoms with Crippen LogP contribution in [0.25, 0.3) is 0 Å². The van der Waals surface area contributed by atoms with Crippen molar-refractivity contribution in [2.75, 3.05) is 5.32 Å². The van der Waals surface area contributed by atoms with E-state index in [0.717, 1.165) is 4.88 Å². The molecule has 1 atom stereocenters. The topological polar surface area (TPSA) is 55.2 Å². The second-order valence-electron chi connectivity index (χ2n) is 4.77. The molecule has 0 saturated heterocycles. The van der Waals surface area contributed by atoms with Crippen LogP contribution in [0.1, 0.15) is 24.8 Å². The van der Waals surface area contributed by atoms with Crippen LogP contribution in [-0.2, 0) is 0 Å². The number of hydrogen-bond donors (Lipinski definition) is 1. The maximum Gasteiger partial charge on any atom is 0.293 e. The van der Waals surface area contributed by atoms with Gasteiger partial charge in [-0.15, -0.1) is 11.3 Å². The van der Waals surface area contributed by atoms with Gasteiger partial charge >= 0.3 is 0 Å². The molecule has 2 rings (SSSR count). The smallest absolute Gasteiger partial charge is 0.293 e. The van der Waals surface area contributed by atoms with Gasteiger partial charge in [0.15, 0.2) is 0 Å². The van der Waals surface area contributed by atoms with Gasteiger partial charge in [0.1, 0.15) is 5.69 Å². The number of thiophene rings is 1. The third-order valence-corrected chi connectivity index (χ3v) is 4.27. The zero-order valence-corrected chi connectivity index (χ0v) is 12.7. The molecule has 6 heteroatoms. The lowest BCUT2D eigenvalue weighted by Crippen LogP contribution is -2.16. The molecule has 0 aliphatic carbocycles. The number of para-hydroxylation sites is 1. The summed E-state index contributed by atoms with van der Waals surface area (Å²) in [6, 6.07) is 8.68. The maximum absolute atomic E-state index is 11.1.